The number of carbonyl (C=O) groups excluding carboxylic acids is 1. The highest BCUT2D eigenvalue weighted by atomic mass is 16.2. The van der Waals surface area contributed by atoms with Crippen molar-refractivity contribution in [1.82, 2.24) is 15.1 Å². The predicted octanol–water partition coefficient (Wildman–Crippen LogP) is 0.435. The van der Waals surface area contributed by atoms with Gasteiger partial charge in [0.05, 0.1) is 6.04 Å². The molecule has 96 valence electrons. The largest absolute Gasteiger partial charge is 0.339 e. The molecule has 1 amide bonds. The monoisotopic (exact) mass is 237 g/mol. The third-order valence-corrected chi connectivity index (χ3v) is 4.30. The number of amides is 1. The van der Waals surface area contributed by atoms with Crippen molar-refractivity contribution in [2.45, 2.75) is 44.2 Å². The standard InChI is InChI=1S/C13H23N3O/c17-13(12-3-1-2-6-14-12)16-9-7-15(8-10-16)11-4-5-11/h11-12,14H,1-10H2. The van der Waals surface area contributed by atoms with Gasteiger partial charge in [0.25, 0.3) is 0 Å². The average molecular weight is 237 g/mol. The Bertz CT molecular complexity index is 276. The molecule has 0 aromatic carbocycles. The topological polar surface area (TPSA) is 35.6 Å². The van der Waals surface area contributed by atoms with Crippen LogP contribution in [0.15, 0.2) is 0 Å². The van der Waals surface area contributed by atoms with Gasteiger partial charge in [-0.2, -0.15) is 0 Å². The van der Waals surface area contributed by atoms with E-state index in [0.29, 0.717) is 5.91 Å². The Kier molecular flexibility index (Phi) is 3.34. The zero-order chi connectivity index (χ0) is 11.7. The van der Waals surface area contributed by atoms with E-state index in [-0.39, 0.29) is 6.04 Å². The molecule has 0 aromatic heterocycles. The number of nitrogens with zero attached hydrogens (tertiary/aromatic N) is 2. The first-order chi connectivity index (χ1) is 8.34. The van der Waals surface area contributed by atoms with Gasteiger partial charge in [-0.15, -0.1) is 0 Å². The summed E-state index contributed by atoms with van der Waals surface area (Å²) in [5, 5.41) is 3.36. The van der Waals surface area contributed by atoms with Gasteiger partial charge < -0.3 is 10.2 Å². The van der Waals surface area contributed by atoms with Gasteiger partial charge in [-0.25, -0.2) is 0 Å². The molecular weight excluding hydrogens is 214 g/mol. The van der Waals surface area contributed by atoms with Crippen molar-refractivity contribution >= 4 is 5.91 Å². The fourth-order valence-electron chi connectivity index (χ4n) is 3.03. The van der Waals surface area contributed by atoms with Crippen LogP contribution >= 0.6 is 0 Å². The average Bonchev–Trinajstić information content (AvgIpc) is 3.24. The first kappa shape index (κ1) is 11.5. The van der Waals surface area contributed by atoms with Crippen LogP contribution in [0.3, 0.4) is 0 Å². The number of nitrogens with one attached hydrogen (secondary N) is 1. The molecule has 4 nitrogen and oxygen atoms in total. The van der Waals surface area contributed by atoms with E-state index in [4.69, 9.17) is 0 Å². The number of hydrogen-bond donors (Lipinski definition) is 1. The van der Waals surface area contributed by atoms with Gasteiger partial charge in [0.2, 0.25) is 5.91 Å². The van der Waals surface area contributed by atoms with Crippen LogP contribution < -0.4 is 5.32 Å². The van der Waals surface area contributed by atoms with Gasteiger partial charge in [0, 0.05) is 32.2 Å². The molecule has 1 N–H and O–H groups in total. The second-order valence-corrected chi connectivity index (χ2v) is 5.59. The molecule has 1 aliphatic carbocycles. The Morgan fingerprint density at radius 2 is 1.76 bits per heavy atom. The highest BCUT2D eigenvalue weighted by Gasteiger charge is 2.33. The Balaban J connectivity index is 1.49. The summed E-state index contributed by atoms with van der Waals surface area (Å²) in [6.45, 7) is 5.06. The normalized spacial score (nSPS) is 31.5. The lowest BCUT2D eigenvalue weighted by atomic mass is 10.0. The van der Waals surface area contributed by atoms with E-state index in [2.05, 4.69) is 15.1 Å². The maximum Gasteiger partial charge on any atom is 0.239 e. The Hall–Kier alpha value is -0.610. The molecule has 0 radical (unpaired) electrons. The van der Waals surface area contributed by atoms with Crippen LogP contribution in [-0.2, 0) is 4.79 Å². The molecule has 0 aromatic rings. The van der Waals surface area contributed by atoms with Gasteiger partial charge in [0.1, 0.15) is 0 Å². The minimum atomic E-state index is 0.108. The van der Waals surface area contributed by atoms with E-state index in [1.807, 2.05) is 0 Å². The number of carbonyl (C=O) groups is 1. The molecule has 3 rings (SSSR count). The molecule has 1 unspecified atom stereocenters. The lowest BCUT2D eigenvalue weighted by molar-refractivity contribution is -0.135. The molecule has 4 heteroatoms. The summed E-state index contributed by atoms with van der Waals surface area (Å²) < 4.78 is 0. The van der Waals surface area contributed by atoms with Crippen molar-refractivity contribution < 1.29 is 4.79 Å². The molecule has 1 atom stereocenters. The summed E-state index contributed by atoms with van der Waals surface area (Å²) in [6, 6.07) is 0.955. The van der Waals surface area contributed by atoms with E-state index >= 15 is 0 Å². The quantitative estimate of drug-likeness (QED) is 0.757. The van der Waals surface area contributed by atoms with Crippen molar-refractivity contribution in [3.05, 3.63) is 0 Å². The summed E-state index contributed by atoms with van der Waals surface area (Å²) in [5.74, 6) is 0.347. The van der Waals surface area contributed by atoms with E-state index in [9.17, 15) is 4.79 Å². The maximum atomic E-state index is 12.3. The lowest BCUT2D eigenvalue weighted by Crippen LogP contribution is -2.55. The zero-order valence-electron chi connectivity index (χ0n) is 10.5. The van der Waals surface area contributed by atoms with Crippen molar-refractivity contribution in [2.24, 2.45) is 0 Å². The van der Waals surface area contributed by atoms with E-state index in [0.717, 1.165) is 45.2 Å². The molecular formula is C13H23N3O. The van der Waals surface area contributed by atoms with Crippen molar-refractivity contribution in [3.63, 3.8) is 0 Å². The zero-order valence-corrected chi connectivity index (χ0v) is 10.5. The van der Waals surface area contributed by atoms with Gasteiger partial charge in [0.15, 0.2) is 0 Å². The molecule has 2 heterocycles. The second kappa shape index (κ2) is 4.94. The highest BCUT2D eigenvalue weighted by molar-refractivity contribution is 5.82. The van der Waals surface area contributed by atoms with Gasteiger partial charge >= 0.3 is 0 Å². The van der Waals surface area contributed by atoms with Gasteiger partial charge in [-0.1, -0.05) is 6.42 Å². The molecule has 17 heavy (non-hydrogen) atoms. The van der Waals surface area contributed by atoms with E-state index in [1.54, 1.807) is 0 Å². The summed E-state index contributed by atoms with van der Waals surface area (Å²) in [7, 11) is 0. The number of rotatable bonds is 2. The van der Waals surface area contributed by atoms with Crippen molar-refractivity contribution in [3.8, 4) is 0 Å². The van der Waals surface area contributed by atoms with Crippen molar-refractivity contribution in [1.29, 1.82) is 0 Å². The summed E-state index contributed by atoms with van der Waals surface area (Å²) >= 11 is 0. The Morgan fingerprint density at radius 3 is 2.35 bits per heavy atom. The molecule has 1 saturated carbocycles. The van der Waals surface area contributed by atoms with Crippen LogP contribution in [0.2, 0.25) is 0 Å². The van der Waals surface area contributed by atoms with Crippen LogP contribution in [0.25, 0.3) is 0 Å². The minimum Gasteiger partial charge on any atom is -0.339 e. The van der Waals surface area contributed by atoms with Crippen LogP contribution in [0.1, 0.15) is 32.1 Å². The maximum absolute atomic E-state index is 12.3. The van der Waals surface area contributed by atoms with Crippen LogP contribution in [0, 0.1) is 0 Å². The number of piperidine rings is 1. The van der Waals surface area contributed by atoms with Crippen LogP contribution in [0.5, 0.6) is 0 Å². The lowest BCUT2D eigenvalue weighted by Gasteiger charge is -2.37. The second-order valence-electron chi connectivity index (χ2n) is 5.59. The molecule has 2 aliphatic heterocycles. The first-order valence-electron chi connectivity index (χ1n) is 7.11. The molecule has 2 saturated heterocycles. The Labute approximate surface area is 103 Å². The SMILES string of the molecule is O=C(C1CCCCN1)N1CCN(C2CC2)CC1. The number of hydrogen-bond acceptors (Lipinski definition) is 3. The van der Waals surface area contributed by atoms with Crippen molar-refractivity contribution in [2.75, 3.05) is 32.7 Å². The van der Waals surface area contributed by atoms with Crippen LogP contribution in [-0.4, -0.2) is 60.5 Å². The third kappa shape index (κ3) is 2.63. The van der Waals surface area contributed by atoms with Crippen LogP contribution in [0.4, 0.5) is 0 Å². The minimum absolute atomic E-state index is 0.108. The summed E-state index contributed by atoms with van der Waals surface area (Å²) in [6.07, 6.45) is 6.20. The Morgan fingerprint density at radius 1 is 1.00 bits per heavy atom. The molecule has 3 aliphatic rings. The number of piperazine rings is 1. The van der Waals surface area contributed by atoms with E-state index in [1.165, 1.54) is 25.7 Å². The summed E-state index contributed by atoms with van der Waals surface area (Å²) in [4.78, 5) is 16.9. The fourth-order valence-corrected chi connectivity index (χ4v) is 3.03. The fraction of sp³-hybridized carbons (Fsp3) is 0.923. The molecule has 0 bridgehead atoms. The smallest absolute Gasteiger partial charge is 0.239 e. The van der Waals surface area contributed by atoms with Gasteiger partial charge in [-0.05, 0) is 32.2 Å². The molecule has 0 spiro atoms. The first-order valence-corrected chi connectivity index (χ1v) is 7.11. The highest BCUT2D eigenvalue weighted by Crippen LogP contribution is 2.27. The van der Waals surface area contributed by atoms with E-state index < -0.39 is 0 Å². The molecule has 3 fully saturated rings. The third-order valence-electron chi connectivity index (χ3n) is 4.30. The summed E-state index contributed by atoms with van der Waals surface area (Å²) in [5.41, 5.74) is 0. The predicted molar refractivity (Wildman–Crippen MR) is 66.8 cm³/mol. The van der Waals surface area contributed by atoms with Gasteiger partial charge in [-0.3, -0.25) is 9.69 Å².